The Kier molecular flexibility index (Phi) is 5.41. The van der Waals surface area contributed by atoms with E-state index in [0.29, 0.717) is 12.1 Å². The summed E-state index contributed by atoms with van der Waals surface area (Å²) in [5.41, 5.74) is 1.09. The molecule has 1 saturated carbocycles. The van der Waals surface area contributed by atoms with Gasteiger partial charge < -0.3 is 10.1 Å². The van der Waals surface area contributed by atoms with E-state index in [0.717, 1.165) is 29.7 Å². The summed E-state index contributed by atoms with van der Waals surface area (Å²) in [5.74, 6) is 2.44. The van der Waals surface area contributed by atoms with E-state index >= 15 is 0 Å². The van der Waals surface area contributed by atoms with Crippen molar-refractivity contribution in [3.63, 3.8) is 0 Å². The molecule has 0 radical (unpaired) electrons. The third-order valence-electron chi connectivity index (χ3n) is 4.31. The van der Waals surface area contributed by atoms with Gasteiger partial charge in [-0.25, -0.2) is 0 Å². The largest absolute Gasteiger partial charge is 0.489 e. The van der Waals surface area contributed by atoms with Crippen LogP contribution in [0.3, 0.4) is 0 Å². The molecule has 3 nitrogen and oxygen atoms in total. The molecule has 3 unspecified atom stereocenters. The van der Waals surface area contributed by atoms with Crippen LogP contribution in [0.5, 0.6) is 5.75 Å². The fourth-order valence-corrected chi connectivity index (χ4v) is 3.39. The van der Waals surface area contributed by atoms with Crippen molar-refractivity contribution in [3.05, 3.63) is 24.0 Å². The van der Waals surface area contributed by atoms with Crippen molar-refractivity contribution in [2.75, 3.05) is 7.05 Å². The molecule has 1 aliphatic rings. The van der Waals surface area contributed by atoms with Crippen molar-refractivity contribution >= 4 is 0 Å². The van der Waals surface area contributed by atoms with Crippen molar-refractivity contribution in [2.24, 2.45) is 11.8 Å². The fourth-order valence-electron chi connectivity index (χ4n) is 3.39. The third-order valence-corrected chi connectivity index (χ3v) is 4.31. The first kappa shape index (κ1) is 15.3. The third kappa shape index (κ3) is 3.95. The predicted octanol–water partition coefficient (Wildman–Crippen LogP) is 3.96. The van der Waals surface area contributed by atoms with Gasteiger partial charge in [0.15, 0.2) is 0 Å². The van der Waals surface area contributed by atoms with Crippen molar-refractivity contribution in [3.8, 4) is 5.75 Å². The average molecular weight is 276 g/mol. The molecule has 0 saturated heterocycles. The molecule has 0 aliphatic heterocycles. The van der Waals surface area contributed by atoms with Gasteiger partial charge >= 0.3 is 0 Å². The summed E-state index contributed by atoms with van der Waals surface area (Å²) in [6.45, 7) is 6.82. The van der Waals surface area contributed by atoms with Gasteiger partial charge in [0, 0.05) is 6.04 Å². The second-order valence-electron chi connectivity index (χ2n) is 6.33. The second kappa shape index (κ2) is 7.07. The molecular weight excluding hydrogens is 248 g/mol. The van der Waals surface area contributed by atoms with Crippen LogP contribution >= 0.6 is 0 Å². The van der Waals surface area contributed by atoms with E-state index in [-0.39, 0.29) is 0 Å². The highest BCUT2D eigenvalue weighted by Crippen LogP contribution is 2.31. The second-order valence-corrected chi connectivity index (χ2v) is 6.33. The van der Waals surface area contributed by atoms with Crippen LogP contribution in [0.1, 0.15) is 58.2 Å². The molecule has 20 heavy (non-hydrogen) atoms. The van der Waals surface area contributed by atoms with Crippen LogP contribution < -0.4 is 10.1 Å². The molecule has 1 N–H and O–H groups in total. The highest BCUT2D eigenvalue weighted by Gasteiger charge is 2.25. The van der Waals surface area contributed by atoms with E-state index in [2.05, 4.69) is 43.2 Å². The number of hydrogen-bond donors (Lipinski definition) is 1. The van der Waals surface area contributed by atoms with Crippen molar-refractivity contribution in [2.45, 2.75) is 58.6 Å². The fraction of sp³-hybridized carbons (Fsp3) is 0.706. The zero-order valence-corrected chi connectivity index (χ0v) is 13.2. The van der Waals surface area contributed by atoms with Crippen molar-refractivity contribution < 1.29 is 4.74 Å². The molecular formula is C17H28N2O. The van der Waals surface area contributed by atoms with E-state index in [4.69, 9.17) is 4.74 Å². The van der Waals surface area contributed by atoms with Crippen LogP contribution in [0.2, 0.25) is 0 Å². The molecule has 0 bridgehead atoms. The van der Waals surface area contributed by atoms with Crippen LogP contribution in [0.4, 0.5) is 0 Å². The lowest BCUT2D eigenvalue weighted by Gasteiger charge is -2.31. The van der Waals surface area contributed by atoms with E-state index in [1.54, 1.807) is 0 Å². The molecule has 0 amide bonds. The first-order valence-electron chi connectivity index (χ1n) is 7.92. The first-order valence-corrected chi connectivity index (χ1v) is 7.92. The maximum atomic E-state index is 6.12. The Labute approximate surface area is 123 Å². The molecule has 3 heteroatoms. The number of aromatic nitrogens is 1. The van der Waals surface area contributed by atoms with Gasteiger partial charge in [-0.1, -0.05) is 20.8 Å². The first-order chi connectivity index (χ1) is 9.62. The average Bonchev–Trinajstić information content (AvgIpc) is 2.41. The Bertz CT molecular complexity index is 390. The molecule has 0 aromatic carbocycles. The molecule has 3 atom stereocenters. The normalized spacial score (nSPS) is 28.1. The molecule has 1 aromatic heterocycles. The van der Waals surface area contributed by atoms with Crippen LogP contribution in [0.25, 0.3) is 0 Å². The Morgan fingerprint density at radius 2 is 1.95 bits per heavy atom. The predicted molar refractivity (Wildman–Crippen MR) is 82.9 cm³/mol. The quantitative estimate of drug-likeness (QED) is 0.884. The Hall–Kier alpha value is -1.09. The number of pyridine rings is 1. The van der Waals surface area contributed by atoms with Crippen LogP contribution in [0.15, 0.2) is 18.3 Å². The highest BCUT2D eigenvalue weighted by atomic mass is 16.5. The monoisotopic (exact) mass is 276 g/mol. The summed E-state index contributed by atoms with van der Waals surface area (Å²) in [5, 5.41) is 3.28. The Morgan fingerprint density at radius 1 is 1.25 bits per heavy atom. The minimum Gasteiger partial charge on any atom is -0.489 e. The summed E-state index contributed by atoms with van der Waals surface area (Å²) in [6, 6.07) is 4.47. The lowest BCUT2D eigenvalue weighted by molar-refractivity contribution is 0.101. The van der Waals surface area contributed by atoms with E-state index in [1.165, 1.54) is 19.3 Å². The number of nitrogens with zero attached hydrogens (tertiary/aromatic N) is 1. The number of rotatable bonds is 5. The molecule has 1 heterocycles. The maximum absolute atomic E-state index is 6.12. The molecule has 112 valence electrons. The van der Waals surface area contributed by atoms with Gasteiger partial charge in [0.05, 0.1) is 18.0 Å². The lowest BCUT2D eigenvalue weighted by Crippen LogP contribution is -2.28. The number of hydrogen-bond acceptors (Lipinski definition) is 3. The summed E-state index contributed by atoms with van der Waals surface area (Å²) in [7, 11) is 1.98. The van der Waals surface area contributed by atoms with Gasteiger partial charge in [-0.05, 0) is 56.7 Å². The van der Waals surface area contributed by atoms with Gasteiger partial charge in [0.2, 0.25) is 0 Å². The number of nitrogens with one attached hydrogen (secondary N) is 1. The Morgan fingerprint density at radius 3 is 2.45 bits per heavy atom. The lowest BCUT2D eigenvalue weighted by atomic mass is 9.82. The van der Waals surface area contributed by atoms with E-state index < -0.39 is 0 Å². The minimum atomic E-state index is 0.332. The van der Waals surface area contributed by atoms with Gasteiger partial charge in [-0.3, -0.25) is 4.98 Å². The number of ether oxygens (including phenoxy) is 1. The molecule has 1 fully saturated rings. The summed E-state index contributed by atoms with van der Waals surface area (Å²) >= 11 is 0. The summed E-state index contributed by atoms with van der Waals surface area (Å²) in [6.07, 6.45) is 6.94. The zero-order valence-electron chi connectivity index (χ0n) is 13.2. The van der Waals surface area contributed by atoms with Crippen LogP contribution in [-0.2, 0) is 0 Å². The van der Waals surface area contributed by atoms with Crippen molar-refractivity contribution in [1.82, 2.24) is 10.3 Å². The molecule has 0 spiro atoms. The minimum absolute atomic E-state index is 0.332. The van der Waals surface area contributed by atoms with Gasteiger partial charge in [-0.2, -0.15) is 0 Å². The smallest absolute Gasteiger partial charge is 0.138 e. The molecule has 1 aliphatic carbocycles. The topological polar surface area (TPSA) is 34.1 Å². The van der Waals surface area contributed by atoms with Crippen LogP contribution in [-0.4, -0.2) is 18.1 Å². The van der Waals surface area contributed by atoms with Gasteiger partial charge in [0.25, 0.3) is 0 Å². The SMILES string of the molecule is CCC(NC)c1ccc(OC2CC(C)CC(C)C2)cn1. The zero-order chi connectivity index (χ0) is 14.5. The molecule has 2 rings (SSSR count). The maximum Gasteiger partial charge on any atom is 0.138 e. The summed E-state index contributed by atoms with van der Waals surface area (Å²) < 4.78 is 6.12. The van der Waals surface area contributed by atoms with E-state index in [1.807, 2.05) is 13.2 Å². The van der Waals surface area contributed by atoms with E-state index in [9.17, 15) is 0 Å². The Balaban J connectivity index is 1.96. The molecule has 1 aromatic rings. The van der Waals surface area contributed by atoms with Gasteiger partial charge in [0.1, 0.15) is 5.75 Å². The van der Waals surface area contributed by atoms with Crippen molar-refractivity contribution in [1.29, 1.82) is 0 Å². The van der Waals surface area contributed by atoms with Gasteiger partial charge in [-0.15, -0.1) is 0 Å². The summed E-state index contributed by atoms with van der Waals surface area (Å²) in [4.78, 5) is 4.54. The highest BCUT2D eigenvalue weighted by molar-refractivity contribution is 5.22. The van der Waals surface area contributed by atoms with Crippen LogP contribution in [0, 0.1) is 11.8 Å². The standard InChI is InChI=1S/C17H28N2O/c1-5-16(18-4)17-7-6-14(11-19-17)20-15-9-12(2)8-13(3)10-15/h6-7,11-13,15-16,18H,5,8-10H2,1-4H3.